The zero-order valence-corrected chi connectivity index (χ0v) is 10.7. The summed E-state index contributed by atoms with van der Waals surface area (Å²) in [5.74, 6) is -0.266. The number of nitrogens with zero attached hydrogens (tertiary/aromatic N) is 1. The average molecular weight is 270 g/mol. The molecule has 0 aliphatic carbocycles. The first-order chi connectivity index (χ1) is 8.69. The van der Waals surface area contributed by atoms with Crippen molar-refractivity contribution in [1.29, 1.82) is 0 Å². The summed E-state index contributed by atoms with van der Waals surface area (Å²) in [6.07, 6.45) is 3.00. The summed E-state index contributed by atoms with van der Waals surface area (Å²) < 4.78 is 0. The highest BCUT2D eigenvalue weighted by atomic mass is 35.5. The van der Waals surface area contributed by atoms with Gasteiger partial charge in [0.25, 0.3) is 0 Å². The Labute approximate surface area is 111 Å². The van der Waals surface area contributed by atoms with Gasteiger partial charge in [-0.1, -0.05) is 29.8 Å². The Bertz CT molecular complexity index is 414. The molecule has 0 bridgehead atoms. The van der Waals surface area contributed by atoms with Crippen molar-refractivity contribution in [2.75, 3.05) is 26.3 Å². The number of amides is 1. The second-order valence-corrected chi connectivity index (χ2v) is 4.03. The highest BCUT2D eigenvalue weighted by molar-refractivity contribution is 6.32. The minimum atomic E-state index is -0.266. The summed E-state index contributed by atoms with van der Waals surface area (Å²) in [5.41, 5.74) is 0.750. The standard InChI is InChI=1S/C13H16ClNO3/c14-12-4-2-1-3-11(12)5-6-13(18)15(7-9-16)8-10-17/h1-6,16-17H,7-10H2. The van der Waals surface area contributed by atoms with Gasteiger partial charge in [-0.25, -0.2) is 0 Å². The van der Waals surface area contributed by atoms with E-state index in [0.29, 0.717) is 5.02 Å². The van der Waals surface area contributed by atoms with Crippen molar-refractivity contribution in [3.63, 3.8) is 0 Å². The van der Waals surface area contributed by atoms with Crippen LogP contribution in [0.4, 0.5) is 0 Å². The van der Waals surface area contributed by atoms with E-state index in [1.165, 1.54) is 11.0 Å². The third kappa shape index (κ3) is 4.49. The fourth-order valence-corrected chi connectivity index (χ4v) is 1.65. The summed E-state index contributed by atoms with van der Waals surface area (Å²) >= 11 is 5.95. The van der Waals surface area contributed by atoms with Gasteiger partial charge in [-0.15, -0.1) is 0 Å². The van der Waals surface area contributed by atoms with Gasteiger partial charge in [-0.2, -0.15) is 0 Å². The highest BCUT2D eigenvalue weighted by Crippen LogP contribution is 2.16. The average Bonchev–Trinajstić information content (AvgIpc) is 2.37. The van der Waals surface area contributed by atoms with Gasteiger partial charge < -0.3 is 15.1 Å². The SMILES string of the molecule is O=C(C=Cc1ccccc1Cl)N(CCO)CCO. The topological polar surface area (TPSA) is 60.8 Å². The minimum Gasteiger partial charge on any atom is -0.395 e. The van der Waals surface area contributed by atoms with Gasteiger partial charge in [0, 0.05) is 24.2 Å². The molecule has 0 radical (unpaired) electrons. The number of carbonyl (C=O) groups excluding carboxylic acids is 1. The summed E-state index contributed by atoms with van der Waals surface area (Å²) in [5, 5.41) is 18.2. The third-order valence-electron chi connectivity index (χ3n) is 2.36. The van der Waals surface area contributed by atoms with Crippen LogP contribution >= 0.6 is 11.6 Å². The van der Waals surface area contributed by atoms with E-state index in [0.717, 1.165) is 5.56 Å². The van der Waals surface area contributed by atoms with Crippen LogP contribution in [0.1, 0.15) is 5.56 Å². The van der Waals surface area contributed by atoms with Crippen molar-refractivity contribution in [2.24, 2.45) is 0 Å². The van der Waals surface area contributed by atoms with E-state index in [-0.39, 0.29) is 32.2 Å². The molecule has 0 aromatic heterocycles. The Morgan fingerprint density at radius 1 is 1.22 bits per heavy atom. The maximum Gasteiger partial charge on any atom is 0.246 e. The molecule has 0 spiro atoms. The molecule has 1 rings (SSSR count). The summed E-state index contributed by atoms with van der Waals surface area (Å²) in [7, 11) is 0. The van der Waals surface area contributed by atoms with E-state index in [2.05, 4.69) is 0 Å². The molecule has 2 N–H and O–H groups in total. The van der Waals surface area contributed by atoms with Gasteiger partial charge >= 0.3 is 0 Å². The van der Waals surface area contributed by atoms with E-state index >= 15 is 0 Å². The third-order valence-corrected chi connectivity index (χ3v) is 2.71. The predicted octanol–water partition coefficient (Wildman–Crippen LogP) is 1.17. The van der Waals surface area contributed by atoms with Crippen molar-refractivity contribution in [3.05, 3.63) is 40.9 Å². The Morgan fingerprint density at radius 3 is 2.39 bits per heavy atom. The van der Waals surface area contributed by atoms with Crippen molar-refractivity contribution in [1.82, 2.24) is 4.90 Å². The van der Waals surface area contributed by atoms with E-state index in [4.69, 9.17) is 21.8 Å². The first kappa shape index (κ1) is 14.7. The maximum absolute atomic E-state index is 11.8. The molecule has 1 aromatic carbocycles. The van der Waals surface area contributed by atoms with Crippen LogP contribution in [0.15, 0.2) is 30.3 Å². The molecule has 5 heteroatoms. The number of halogens is 1. The van der Waals surface area contributed by atoms with E-state index in [9.17, 15) is 4.79 Å². The number of hydrogen-bond donors (Lipinski definition) is 2. The van der Waals surface area contributed by atoms with Gasteiger partial charge in [-0.05, 0) is 17.7 Å². The highest BCUT2D eigenvalue weighted by Gasteiger charge is 2.08. The van der Waals surface area contributed by atoms with Gasteiger partial charge in [0.05, 0.1) is 13.2 Å². The number of aliphatic hydroxyl groups excluding tert-OH is 2. The summed E-state index contributed by atoms with van der Waals surface area (Å²) in [6, 6.07) is 7.18. The van der Waals surface area contributed by atoms with Crippen LogP contribution in [0.3, 0.4) is 0 Å². The van der Waals surface area contributed by atoms with E-state index in [1.807, 2.05) is 12.1 Å². The largest absolute Gasteiger partial charge is 0.395 e. The Morgan fingerprint density at radius 2 is 1.83 bits per heavy atom. The van der Waals surface area contributed by atoms with Crippen LogP contribution in [-0.4, -0.2) is 47.3 Å². The molecule has 0 saturated carbocycles. The minimum absolute atomic E-state index is 0.133. The molecule has 0 fully saturated rings. The lowest BCUT2D eigenvalue weighted by Gasteiger charge is -2.18. The Kier molecular flexibility index (Phi) is 6.43. The maximum atomic E-state index is 11.8. The van der Waals surface area contributed by atoms with E-state index < -0.39 is 0 Å². The molecule has 0 saturated heterocycles. The van der Waals surface area contributed by atoms with E-state index in [1.54, 1.807) is 18.2 Å². The van der Waals surface area contributed by atoms with Crippen molar-refractivity contribution in [2.45, 2.75) is 0 Å². The molecular weight excluding hydrogens is 254 g/mol. The molecule has 1 aromatic rings. The summed E-state index contributed by atoms with van der Waals surface area (Å²) in [4.78, 5) is 13.1. The summed E-state index contributed by atoms with van der Waals surface area (Å²) in [6.45, 7) is 0.135. The zero-order chi connectivity index (χ0) is 13.4. The molecule has 0 heterocycles. The van der Waals surface area contributed by atoms with Crippen LogP contribution in [0, 0.1) is 0 Å². The molecule has 0 unspecified atom stereocenters. The number of aliphatic hydroxyl groups is 2. The van der Waals surface area contributed by atoms with Crippen molar-refractivity contribution >= 4 is 23.6 Å². The van der Waals surface area contributed by atoms with Crippen LogP contribution in [0.2, 0.25) is 5.02 Å². The van der Waals surface area contributed by atoms with Crippen LogP contribution in [0.5, 0.6) is 0 Å². The molecule has 0 aliphatic rings. The van der Waals surface area contributed by atoms with Gasteiger partial charge in [0.2, 0.25) is 5.91 Å². The first-order valence-electron chi connectivity index (χ1n) is 5.62. The fraction of sp³-hybridized carbons (Fsp3) is 0.308. The molecule has 1 amide bonds. The normalized spacial score (nSPS) is 10.8. The van der Waals surface area contributed by atoms with Crippen molar-refractivity contribution < 1.29 is 15.0 Å². The monoisotopic (exact) mass is 269 g/mol. The number of rotatable bonds is 6. The lowest BCUT2D eigenvalue weighted by molar-refractivity contribution is -0.126. The molecular formula is C13H16ClNO3. The first-order valence-corrected chi connectivity index (χ1v) is 6.00. The predicted molar refractivity (Wildman–Crippen MR) is 71.2 cm³/mol. The fourth-order valence-electron chi connectivity index (χ4n) is 1.45. The second-order valence-electron chi connectivity index (χ2n) is 3.63. The van der Waals surface area contributed by atoms with Gasteiger partial charge in [-0.3, -0.25) is 4.79 Å². The Balaban J connectivity index is 2.70. The number of carbonyl (C=O) groups is 1. The lowest BCUT2D eigenvalue weighted by Crippen LogP contribution is -2.34. The Hall–Kier alpha value is -1.36. The van der Waals surface area contributed by atoms with Gasteiger partial charge in [0.1, 0.15) is 0 Å². The molecule has 98 valence electrons. The van der Waals surface area contributed by atoms with Crippen LogP contribution in [0.25, 0.3) is 6.08 Å². The zero-order valence-electron chi connectivity index (χ0n) is 9.92. The number of hydrogen-bond acceptors (Lipinski definition) is 3. The smallest absolute Gasteiger partial charge is 0.246 e. The van der Waals surface area contributed by atoms with Crippen LogP contribution in [-0.2, 0) is 4.79 Å². The van der Waals surface area contributed by atoms with Gasteiger partial charge in [0.15, 0.2) is 0 Å². The van der Waals surface area contributed by atoms with Crippen LogP contribution < -0.4 is 0 Å². The molecule has 0 atom stereocenters. The van der Waals surface area contributed by atoms with Crippen molar-refractivity contribution in [3.8, 4) is 0 Å². The quantitative estimate of drug-likeness (QED) is 0.762. The number of benzene rings is 1. The molecule has 4 nitrogen and oxygen atoms in total. The molecule has 0 aliphatic heterocycles. The second kappa shape index (κ2) is 7.87. The molecule has 18 heavy (non-hydrogen) atoms. The lowest BCUT2D eigenvalue weighted by atomic mass is 10.2.